The summed E-state index contributed by atoms with van der Waals surface area (Å²) in [5.74, 6) is 1.67. The van der Waals surface area contributed by atoms with Gasteiger partial charge in [-0.05, 0) is 31.5 Å². The molecule has 1 saturated heterocycles. The molecule has 1 aromatic heterocycles. The quantitative estimate of drug-likeness (QED) is 0.777. The van der Waals surface area contributed by atoms with Gasteiger partial charge in [-0.25, -0.2) is 4.98 Å². The van der Waals surface area contributed by atoms with E-state index in [0.717, 1.165) is 47.2 Å². The zero-order valence-corrected chi connectivity index (χ0v) is 16.5. The smallest absolute Gasteiger partial charge is 0.239 e. The summed E-state index contributed by atoms with van der Waals surface area (Å²) < 4.78 is 10.7. The number of likely N-dealkylation sites (N-methyl/N-ethyl adjacent to an activating group) is 1. The topological polar surface area (TPSA) is 54.9 Å². The number of carbonyl (C=O) groups is 1. The summed E-state index contributed by atoms with van der Waals surface area (Å²) in [6, 6.07) is 5.70. The number of ether oxygens (including phenoxy) is 2. The molecule has 1 aliphatic rings. The molecule has 6 nitrogen and oxygen atoms in total. The molecule has 1 aliphatic heterocycles. The fraction of sp³-hybridized carbons (Fsp3) is 0.474. The molecular weight excluding hydrogens is 350 g/mol. The minimum Gasteiger partial charge on any atom is -0.497 e. The van der Waals surface area contributed by atoms with Crippen molar-refractivity contribution in [3.8, 4) is 22.1 Å². The van der Waals surface area contributed by atoms with Crippen molar-refractivity contribution in [1.29, 1.82) is 0 Å². The van der Waals surface area contributed by atoms with E-state index >= 15 is 0 Å². The maximum absolute atomic E-state index is 12.4. The molecule has 1 atom stereocenters. The summed E-state index contributed by atoms with van der Waals surface area (Å²) in [5.41, 5.74) is 1.94. The third-order valence-electron chi connectivity index (χ3n) is 4.65. The van der Waals surface area contributed by atoms with Crippen LogP contribution in [0, 0.1) is 0 Å². The highest BCUT2D eigenvalue weighted by Crippen LogP contribution is 2.35. The molecule has 140 valence electrons. The van der Waals surface area contributed by atoms with Gasteiger partial charge in [-0.3, -0.25) is 9.69 Å². The van der Waals surface area contributed by atoms with Crippen LogP contribution in [0.15, 0.2) is 23.6 Å². The Bertz CT molecular complexity index is 775. The summed E-state index contributed by atoms with van der Waals surface area (Å²) in [6.07, 6.45) is 1.97. The first-order chi connectivity index (χ1) is 12.5. The number of rotatable bonds is 6. The van der Waals surface area contributed by atoms with E-state index in [4.69, 9.17) is 14.5 Å². The van der Waals surface area contributed by atoms with E-state index < -0.39 is 0 Å². The molecule has 1 fully saturated rings. The summed E-state index contributed by atoms with van der Waals surface area (Å²) in [6.45, 7) is 1.63. The van der Waals surface area contributed by atoms with Gasteiger partial charge in [-0.1, -0.05) is 0 Å². The Balaban J connectivity index is 1.77. The minimum absolute atomic E-state index is 0.0364. The molecule has 0 bridgehead atoms. The summed E-state index contributed by atoms with van der Waals surface area (Å²) in [4.78, 5) is 21.0. The van der Waals surface area contributed by atoms with E-state index in [1.165, 1.54) is 0 Å². The molecular formula is C19H25N3O3S. The Kier molecular flexibility index (Phi) is 5.78. The number of hydrogen-bond donors (Lipinski definition) is 0. The summed E-state index contributed by atoms with van der Waals surface area (Å²) in [7, 11) is 6.91. The number of likely N-dealkylation sites (tertiary alicyclic amines) is 1. The standard InChI is InChI=1S/C19H25N3O3S/c1-21(2)19(23)16-6-5-9-22(16)11-13-12-26-18(20-13)15-8-7-14(24-3)10-17(15)25-4/h7-8,10,12,16H,5-6,9,11H2,1-4H3. The van der Waals surface area contributed by atoms with Gasteiger partial charge in [0.15, 0.2) is 0 Å². The molecule has 0 spiro atoms. The molecule has 2 aromatic rings. The van der Waals surface area contributed by atoms with Crippen LogP contribution in [0.5, 0.6) is 11.5 Å². The molecule has 0 N–H and O–H groups in total. The maximum Gasteiger partial charge on any atom is 0.239 e. The van der Waals surface area contributed by atoms with Crippen LogP contribution in [0.25, 0.3) is 10.6 Å². The number of nitrogens with zero attached hydrogens (tertiary/aromatic N) is 3. The van der Waals surface area contributed by atoms with Crippen LogP contribution >= 0.6 is 11.3 Å². The largest absolute Gasteiger partial charge is 0.497 e. The lowest BCUT2D eigenvalue weighted by Gasteiger charge is -2.25. The highest BCUT2D eigenvalue weighted by atomic mass is 32.1. The van der Waals surface area contributed by atoms with Gasteiger partial charge in [0, 0.05) is 32.1 Å². The van der Waals surface area contributed by atoms with Crippen LogP contribution in [-0.2, 0) is 11.3 Å². The molecule has 0 radical (unpaired) electrons. The first kappa shape index (κ1) is 18.7. The second-order valence-electron chi connectivity index (χ2n) is 6.57. The third-order valence-corrected chi connectivity index (χ3v) is 5.57. The monoisotopic (exact) mass is 375 g/mol. The van der Waals surface area contributed by atoms with Crippen LogP contribution in [0.2, 0.25) is 0 Å². The van der Waals surface area contributed by atoms with Gasteiger partial charge < -0.3 is 14.4 Å². The molecule has 0 saturated carbocycles. The Hall–Kier alpha value is -2.12. The van der Waals surface area contributed by atoms with Crippen LogP contribution in [0.3, 0.4) is 0 Å². The van der Waals surface area contributed by atoms with Crippen LogP contribution in [-0.4, -0.2) is 61.6 Å². The highest BCUT2D eigenvalue weighted by Gasteiger charge is 2.32. The van der Waals surface area contributed by atoms with Gasteiger partial charge in [0.1, 0.15) is 16.5 Å². The average Bonchev–Trinajstić information content (AvgIpc) is 3.30. The Morgan fingerprint density at radius 3 is 2.85 bits per heavy atom. The van der Waals surface area contributed by atoms with E-state index in [9.17, 15) is 4.79 Å². The minimum atomic E-state index is -0.0364. The molecule has 1 amide bonds. The predicted molar refractivity (Wildman–Crippen MR) is 103 cm³/mol. The number of thiazole rings is 1. The third kappa shape index (κ3) is 3.83. The zero-order valence-electron chi connectivity index (χ0n) is 15.7. The second-order valence-corrected chi connectivity index (χ2v) is 7.43. The Labute approximate surface area is 158 Å². The summed E-state index contributed by atoms with van der Waals surface area (Å²) >= 11 is 1.59. The predicted octanol–water partition coefficient (Wildman–Crippen LogP) is 2.88. The number of aromatic nitrogens is 1. The Morgan fingerprint density at radius 2 is 2.15 bits per heavy atom. The van der Waals surface area contributed by atoms with Gasteiger partial charge in [0.25, 0.3) is 0 Å². The van der Waals surface area contributed by atoms with Crippen molar-refractivity contribution in [2.24, 2.45) is 0 Å². The van der Waals surface area contributed by atoms with Crippen molar-refractivity contribution >= 4 is 17.2 Å². The molecule has 1 unspecified atom stereocenters. The fourth-order valence-corrected chi connectivity index (χ4v) is 4.12. The van der Waals surface area contributed by atoms with Crippen molar-refractivity contribution in [2.75, 3.05) is 34.9 Å². The zero-order chi connectivity index (χ0) is 18.7. The lowest BCUT2D eigenvalue weighted by molar-refractivity contribution is -0.133. The van der Waals surface area contributed by atoms with E-state index in [1.54, 1.807) is 30.5 Å². The number of methoxy groups -OCH3 is 2. The second kappa shape index (κ2) is 8.05. The van der Waals surface area contributed by atoms with Crippen LogP contribution < -0.4 is 9.47 Å². The lowest BCUT2D eigenvalue weighted by Crippen LogP contribution is -2.42. The number of benzene rings is 1. The number of hydrogen-bond acceptors (Lipinski definition) is 6. The van der Waals surface area contributed by atoms with E-state index in [-0.39, 0.29) is 11.9 Å². The van der Waals surface area contributed by atoms with E-state index in [0.29, 0.717) is 6.54 Å². The van der Waals surface area contributed by atoms with Crippen LogP contribution in [0.4, 0.5) is 0 Å². The molecule has 2 heterocycles. The molecule has 0 aliphatic carbocycles. The molecule has 7 heteroatoms. The first-order valence-electron chi connectivity index (χ1n) is 8.65. The SMILES string of the molecule is COc1ccc(-c2nc(CN3CCCC3C(=O)N(C)C)cs2)c(OC)c1. The highest BCUT2D eigenvalue weighted by molar-refractivity contribution is 7.13. The van der Waals surface area contributed by atoms with Crippen molar-refractivity contribution in [3.05, 3.63) is 29.3 Å². The molecule has 1 aromatic carbocycles. The first-order valence-corrected chi connectivity index (χ1v) is 9.53. The van der Waals surface area contributed by atoms with E-state index in [2.05, 4.69) is 10.3 Å². The van der Waals surface area contributed by atoms with Gasteiger partial charge in [0.2, 0.25) is 5.91 Å². The van der Waals surface area contributed by atoms with Crippen LogP contribution in [0.1, 0.15) is 18.5 Å². The normalized spacial score (nSPS) is 17.3. The average molecular weight is 375 g/mol. The fourth-order valence-electron chi connectivity index (χ4n) is 3.28. The van der Waals surface area contributed by atoms with Gasteiger partial charge in [-0.2, -0.15) is 0 Å². The maximum atomic E-state index is 12.4. The molecule has 26 heavy (non-hydrogen) atoms. The van der Waals surface area contributed by atoms with Crippen molar-refractivity contribution < 1.29 is 14.3 Å². The van der Waals surface area contributed by atoms with Crippen molar-refractivity contribution in [1.82, 2.24) is 14.8 Å². The number of amides is 1. The molecule has 3 rings (SSSR count). The van der Waals surface area contributed by atoms with Crippen molar-refractivity contribution in [2.45, 2.75) is 25.4 Å². The van der Waals surface area contributed by atoms with Gasteiger partial charge in [0.05, 0.1) is 31.5 Å². The summed E-state index contributed by atoms with van der Waals surface area (Å²) in [5, 5.41) is 2.98. The van der Waals surface area contributed by atoms with Gasteiger partial charge >= 0.3 is 0 Å². The lowest BCUT2D eigenvalue weighted by atomic mass is 10.2. The van der Waals surface area contributed by atoms with Gasteiger partial charge in [-0.15, -0.1) is 11.3 Å². The Morgan fingerprint density at radius 1 is 1.35 bits per heavy atom. The number of carbonyl (C=O) groups excluding carboxylic acids is 1. The van der Waals surface area contributed by atoms with E-state index in [1.807, 2.05) is 32.3 Å². The van der Waals surface area contributed by atoms with Crippen molar-refractivity contribution in [3.63, 3.8) is 0 Å².